The van der Waals surface area contributed by atoms with Gasteiger partial charge in [-0.25, -0.2) is 4.79 Å². The fourth-order valence-electron chi connectivity index (χ4n) is 1.88. The summed E-state index contributed by atoms with van der Waals surface area (Å²) in [6.45, 7) is 0. The Morgan fingerprint density at radius 2 is 1.95 bits per heavy atom. The number of anilines is 1. The summed E-state index contributed by atoms with van der Waals surface area (Å²) >= 11 is 0. The number of H-pyrrole nitrogens is 1. The number of aromatic amines is 1. The Balaban J connectivity index is 2.60. The van der Waals surface area contributed by atoms with Crippen molar-refractivity contribution in [3.05, 3.63) is 35.5 Å². The highest BCUT2D eigenvalue weighted by Gasteiger charge is 2.31. The first kappa shape index (κ1) is 14.9. The minimum absolute atomic E-state index is 0.141. The molecule has 0 saturated carbocycles. The average molecular weight is 299 g/mol. The van der Waals surface area contributed by atoms with Gasteiger partial charge in [0.25, 0.3) is 0 Å². The van der Waals surface area contributed by atoms with Crippen molar-refractivity contribution in [3.63, 3.8) is 0 Å². The highest BCUT2D eigenvalue weighted by Crippen LogP contribution is 2.36. The number of carboxylic acids is 1. The lowest BCUT2D eigenvalue weighted by Crippen LogP contribution is -2.12. The smallest absolute Gasteiger partial charge is 0.416 e. The van der Waals surface area contributed by atoms with Crippen LogP contribution in [0.25, 0.3) is 11.3 Å². The molecule has 0 atom stereocenters. The van der Waals surface area contributed by atoms with Crippen molar-refractivity contribution in [2.24, 2.45) is 0 Å². The summed E-state index contributed by atoms with van der Waals surface area (Å²) in [5, 5.41) is 14.9. The van der Waals surface area contributed by atoms with E-state index in [0.717, 1.165) is 12.1 Å². The summed E-state index contributed by atoms with van der Waals surface area (Å²) in [7, 11) is 3.35. The number of nitrogens with one attached hydrogen (secondary N) is 1. The zero-order chi connectivity index (χ0) is 15.8. The Bertz CT molecular complexity index is 678. The number of rotatable bonds is 3. The van der Waals surface area contributed by atoms with Crippen molar-refractivity contribution in [1.82, 2.24) is 10.2 Å². The van der Waals surface area contributed by atoms with E-state index >= 15 is 0 Å². The van der Waals surface area contributed by atoms with E-state index in [2.05, 4.69) is 10.2 Å². The monoisotopic (exact) mass is 299 g/mol. The molecule has 0 fully saturated rings. The minimum Gasteiger partial charge on any atom is -0.477 e. The highest BCUT2D eigenvalue weighted by atomic mass is 19.4. The number of aromatic nitrogens is 2. The molecule has 1 heterocycles. The van der Waals surface area contributed by atoms with E-state index in [9.17, 15) is 18.0 Å². The fourth-order valence-corrected chi connectivity index (χ4v) is 1.88. The second-order valence-electron chi connectivity index (χ2n) is 4.60. The van der Waals surface area contributed by atoms with E-state index < -0.39 is 17.7 Å². The first-order valence-electron chi connectivity index (χ1n) is 5.88. The largest absolute Gasteiger partial charge is 0.477 e. The number of hydrogen-bond acceptors (Lipinski definition) is 3. The molecule has 2 N–H and O–H groups in total. The van der Waals surface area contributed by atoms with Gasteiger partial charge in [-0.3, -0.25) is 5.10 Å². The third kappa shape index (κ3) is 2.99. The standard InChI is InChI=1S/C13H12F3N3O2/c1-19(2)11-4-3-7(13(14,15)16)5-8(11)9-6-10(12(20)21)18-17-9/h3-6H,1-2H3,(H,17,18)(H,20,21). The van der Waals surface area contributed by atoms with Crippen LogP contribution in [0.2, 0.25) is 0 Å². The highest BCUT2D eigenvalue weighted by molar-refractivity contribution is 5.88. The van der Waals surface area contributed by atoms with Crippen molar-refractivity contribution in [2.45, 2.75) is 6.18 Å². The normalized spacial score (nSPS) is 11.5. The third-order valence-corrected chi connectivity index (χ3v) is 2.89. The summed E-state index contributed by atoms with van der Waals surface area (Å²) in [5.74, 6) is -1.23. The SMILES string of the molecule is CN(C)c1ccc(C(F)(F)F)cc1-c1cc(C(=O)O)[nH]n1. The number of carboxylic acid groups (broad SMARTS) is 1. The molecule has 0 radical (unpaired) electrons. The zero-order valence-corrected chi connectivity index (χ0v) is 11.2. The fraction of sp³-hybridized carbons (Fsp3) is 0.231. The summed E-state index contributed by atoms with van der Waals surface area (Å²) < 4.78 is 38.4. The number of benzene rings is 1. The average Bonchev–Trinajstić information content (AvgIpc) is 2.86. The van der Waals surface area contributed by atoms with E-state index in [1.165, 1.54) is 12.1 Å². The van der Waals surface area contributed by atoms with Crippen LogP contribution in [0.4, 0.5) is 18.9 Å². The van der Waals surface area contributed by atoms with Crippen molar-refractivity contribution in [1.29, 1.82) is 0 Å². The van der Waals surface area contributed by atoms with Gasteiger partial charge in [-0.2, -0.15) is 18.3 Å². The van der Waals surface area contributed by atoms with Crippen molar-refractivity contribution in [3.8, 4) is 11.3 Å². The molecule has 0 aliphatic rings. The number of aromatic carboxylic acids is 1. The number of halogens is 3. The molecule has 1 aromatic heterocycles. The molecule has 0 amide bonds. The van der Waals surface area contributed by atoms with Crippen molar-refractivity contribution >= 4 is 11.7 Å². The minimum atomic E-state index is -4.48. The summed E-state index contributed by atoms with van der Waals surface area (Å²) in [5.41, 5.74) is -0.151. The van der Waals surface area contributed by atoms with Gasteiger partial charge in [0.2, 0.25) is 0 Å². The van der Waals surface area contributed by atoms with Crippen LogP contribution in [0.1, 0.15) is 16.1 Å². The van der Waals surface area contributed by atoms with Gasteiger partial charge in [0.05, 0.1) is 11.3 Å². The van der Waals surface area contributed by atoms with Gasteiger partial charge < -0.3 is 10.0 Å². The predicted octanol–water partition coefficient (Wildman–Crippen LogP) is 2.86. The molecule has 0 bridgehead atoms. The molecule has 0 aliphatic heterocycles. The zero-order valence-electron chi connectivity index (χ0n) is 11.2. The molecule has 0 spiro atoms. The predicted molar refractivity (Wildman–Crippen MR) is 70.3 cm³/mol. The summed E-state index contributed by atoms with van der Waals surface area (Å²) in [4.78, 5) is 12.5. The molecule has 5 nitrogen and oxygen atoms in total. The first-order chi connectivity index (χ1) is 9.70. The molecule has 0 aliphatic carbocycles. The van der Waals surface area contributed by atoms with E-state index in [1.54, 1.807) is 19.0 Å². The molecule has 21 heavy (non-hydrogen) atoms. The lowest BCUT2D eigenvalue weighted by molar-refractivity contribution is -0.137. The van der Waals surface area contributed by atoms with E-state index in [1.807, 2.05) is 0 Å². The van der Waals surface area contributed by atoms with Crippen LogP contribution in [-0.2, 0) is 6.18 Å². The van der Waals surface area contributed by atoms with Gasteiger partial charge in [-0.15, -0.1) is 0 Å². The molecular formula is C13H12F3N3O2. The number of nitrogens with zero attached hydrogens (tertiary/aromatic N) is 2. The van der Waals surface area contributed by atoms with Crippen LogP contribution in [-0.4, -0.2) is 35.4 Å². The Morgan fingerprint density at radius 1 is 1.29 bits per heavy atom. The van der Waals surface area contributed by atoms with E-state index in [4.69, 9.17) is 5.11 Å². The Labute approximate surface area is 118 Å². The molecule has 2 aromatic rings. The van der Waals surface area contributed by atoms with Crippen LogP contribution in [0.3, 0.4) is 0 Å². The lowest BCUT2D eigenvalue weighted by atomic mass is 10.0. The molecule has 0 unspecified atom stereocenters. The van der Waals surface area contributed by atoms with Crippen LogP contribution >= 0.6 is 0 Å². The number of carbonyl (C=O) groups is 1. The molecular weight excluding hydrogens is 287 g/mol. The Morgan fingerprint density at radius 3 is 2.43 bits per heavy atom. The maximum atomic E-state index is 12.8. The third-order valence-electron chi connectivity index (χ3n) is 2.89. The van der Waals surface area contributed by atoms with Crippen LogP contribution < -0.4 is 4.90 Å². The van der Waals surface area contributed by atoms with E-state index in [-0.39, 0.29) is 17.0 Å². The second-order valence-corrected chi connectivity index (χ2v) is 4.60. The summed E-state index contributed by atoms with van der Waals surface area (Å²) in [6.07, 6.45) is -4.48. The molecule has 0 saturated heterocycles. The van der Waals surface area contributed by atoms with Crippen molar-refractivity contribution in [2.75, 3.05) is 19.0 Å². The van der Waals surface area contributed by atoms with Crippen LogP contribution in [0, 0.1) is 0 Å². The van der Waals surface area contributed by atoms with Crippen LogP contribution in [0.15, 0.2) is 24.3 Å². The van der Waals surface area contributed by atoms with Crippen LogP contribution in [0.5, 0.6) is 0 Å². The van der Waals surface area contributed by atoms with Gasteiger partial charge in [0.1, 0.15) is 5.69 Å². The van der Waals surface area contributed by atoms with Gasteiger partial charge in [0.15, 0.2) is 0 Å². The summed E-state index contributed by atoms with van der Waals surface area (Å²) in [6, 6.07) is 4.46. The molecule has 2 rings (SSSR count). The molecule has 1 aromatic carbocycles. The number of alkyl halides is 3. The Hall–Kier alpha value is -2.51. The van der Waals surface area contributed by atoms with Crippen molar-refractivity contribution < 1.29 is 23.1 Å². The maximum Gasteiger partial charge on any atom is 0.416 e. The van der Waals surface area contributed by atoms with Gasteiger partial charge >= 0.3 is 12.1 Å². The van der Waals surface area contributed by atoms with Gasteiger partial charge in [0, 0.05) is 25.3 Å². The first-order valence-corrected chi connectivity index (χ1v) is 5.88. The molecule has 112 valence electrons. The second kappa shape index (κ2) is 5.12. The topological polar surface area (TPSA) is 69.2 Å². The van der Waals surface area contributed by atoms with Gasteiger partial charge in [-0.1, -0.05) is 0 Å². The quantitative estimate of drug-likeness (QED) is 0.914. The Kier molecular flexibility index (Phi) is 3.63. The number of hydrogen-bond donors (Lipinski definition) is 2. The van der Waals surface area contributed by atoms with E-state index in [0.29, 0.717) is 5.69 Å². The lowest BCUT2D eigenvalue weighted by Gasteiger charge is -2.18. The maximum absolute atomic E-state index is 12.8. The van der Waals surface area contributed by atoms with Gasteiger partial charge in [-0.05, 0) is 24.3 Å². The molecule has 8 heteroatoms.